The zero-order chi connectivity index (χ0) is 20.4. The second-order valence-electron chi connectivity index (χ2n) is 5.65. The van der Waals surface area contributed by atoms with Crippen LogP contribution in [-0.4, -0.2) is 25.1 Å². The number of nitrogens with zero attached hydrogens (tertiary/aromatic N) is 1. The molecule has 0 spiro atoms. The van der Waals surface area contributed by atoms with Crippen LogP contribution in [0.25, 0.3) is 6.08 Å². The van der Waals surface area contributed by atoms with Gasteiger partial charge in [0.1, 0.15) is 17.4 Å². The first-order valence-corrected chi connectivity index (χ1v) is 8.92. The number of ether oxygens (including phenoxy) is 2. The second kappa shape index (κ2) is 10.8. The summed E-state index contributed by atoms with van der Waals surface area (Å²) in [6.45, 7) is 2.23. The van der Waals surface area contributed by atoms with Gasteiger partial charge in [-0.05, 0) is 48.4 Å². The highest BCUT2D eigenvalue weighted by atomic mass is 35.5. The highest BCUT2D eigenvalue weighted by Crippen LogP contribution is 2.15. The summed E-state index contributed by atoms with van der Waals surface area (Å²) in [7, 11) is 0. The average Bonchev–Trinajstić information content (AvgIpc) is 2.71. The molecule has 2 aromatic carbocycles. The summed E-state index contributed by atoms with van der Waals surface area (Å²) in [6, 6.07) is 15.7. The molecule has 0 heterocycles. The van der Waals surface area contributed by atoms with Crippen LogP contribution in [0, 0.1) is 11.3 Å². The number of benzene rings is 2. The van der Waals surface area contributed by atoms with E-state index in [1.165, 1.54) is 6.08 Å². The third-order valence-electron chi connectivity index (χ3n) is 3.58. The standard InChI is InChI=1S/C21H19ClN2O4/c1-2-27-19-9-5-15(6-10-19)11-17(12-23)21(26)28-14-20(25)24-13-16-3-7-18(22)8-4-16/h3-11H,2,13-14H2,1H3,(H,24,25)/b17-11+. The molecule has 0 aliphatic heterocycles. The second-order valence-corrected chi connectivity index (χ2v) is 6.09. The first kappa shape index (κ1) is 21.0. The minimum absolute atomic E-state index is 0.199. The third kappa shape index (κ3) is 6.78. The molecule has 0 unspecified atom stereocenters. The first-order chi connectivity index (χ1) is 13.5. The largest absolute Gasteiger partial charge is 0.494 e. The molecule has 0 atom stereocenters. The van der Waals surface area contributed by atoms with Gasteiger partial charge in [0.25, 0.3) is 5.91 Å². The molecule has 0 aromatic heterocycles. The fourth-order valence-electron chi connectivity index (χ4n) is 2.19. The fourth-order valence-corrected chi connectivity index (χ4v) is 2.32. The van der Waals surface area contributed by atoms with Crippen molar-refractivity contribution in [2.24, 2.45) is 0 Å². The molecular weight excluding hydrogens is 380 g/mol. The van der Waals surface area contributed by atoms with Crippen LogP contribution < -0.4 is 10.1 Å². The van der Waals surface area contributed by atoms with Crippen molar-refractivity contribution >= 4 is 29.6 Å². The molecule has 1 N–H and O–H groups in total. The van der Waals surface area contributed by atoms with Gasteiger partial charge in [0.2, 0.25) is 0 Å². The van der Waals surface area contributed by atoms with Crippen molar-refractivity contribution in [1.82, 2.24) is 5.32 Å². The van der Waals surface area contributed by atoms with Gasteiger partial charge in [0, 0.05) is 11.6 Å². The lowest BCUT2D eigenvalue weighted by Crippen LogP contribution is -2.28. The number of carbonyl (C=O) groups is 2. The van der Waals surface area contributed by atoms with Gasteiger partial charge >= 0.3 is 5.97 Å². The van der Waals surface area contributed by atoms with Crippen LogP contribution in [0.1, 0.15) is 18.1 Å². The van der Waals surface area contributed by atoms with E-state index in [-0.39, 0.29) is 12.1 Å². The molecule has 144 valence electrons. The highest BCUT2D eigenvalue weighted by Gasteiger charge is 2.13. The summed E-state index contributed by atoms with van der Waals surface area (Å²) in [5.74, 6) is -0.641. The van der Waals surface area contributed by atoms with Crippen molar-refractivity contribution in [2.45, 2.75) is 13.5 Å². The summed E-state index contributed by atoms with van der Waals surface area (Å²) in [5, 5.41) is 12.4. The van der Waals surface area contributed by atoms with E-state index in [1.807, 2.05) is 6.92 Å². The highest BCUT2D eigenvalue weighted by molar-refractivity contribution is 6.30. The Hall–Kier alpha value is -3.30. The molecule has 1 amide bonds. The molecule has 0 fully saturated rings. The van der Waals surface area contributed by atoms with Gasteiger partial charge in [0.15, 0.2) is 6.61 Å². The number of hydrogen-bond acceptors (Lipinski definition) is 5. The van der Waals surface area contributed by atoms with E-state index in [2.05, 4.69) is 5.32 Å². The van der Waals surface area contributed by atoms with Crippen molar-refractivity contribution in [3.8, 4) is 11.8 Å². The SMILES string of the molecule is CCOc1ccc(/C=C(\C#N)C(=O)OCC(=O)NCc2ccc(Cl)cc2)cc1. The smallest absolute Gasteiger partial charge is 0.349 e. The van der Waals surface area contributed by atoms with Crippen molar-refractivity contribution in [2.75, 3.05) is 13.2 Å². The van der Waals surface area contributed by atoms with Crippen molar-refractivity contribution in [3.63, 3.8) is 0 Å². The molecule has 7 heteroatoms. The van der Waals surface area contributed by atoms with Gasteiger partial charge in [-0.1, -0.05) is 35.9 Å². The van der Waals surface area contributed by atoms with Crippen molar-refractivity contribution < 1.29 is 19.1 Å². The minimum Gasteiger partial charge on any atom is -0.494 e. The molecule has 28 heavy (non-hydrogen) atoms. The monoisotopic (exact) mass is 398 g/mol. The Morgan fingerprint density at radius 3 is 2.43 bits per heavy atom. The molecule has 0 aliphatic carbocycles. The van der Waals surface area contributed by atoms with Crippen molar-refractivity contribution in [3.05, 3.63) is 70.3 Å². The number of halogens is 1. The van der Waals surface area contributed by atoms with Crippen LogP contribution in [0.3, 0.4) is 0 Å². The van der Waals surface area contributed by atoms with Gasteiger partial charge in [-0.25, -0.2) is 4.79 Å². The number of rotatable bonds is 8. The zero-order valence-corrected chi connectivity index (χ0v) is 16.0. The number of nitriles is 1. The maximum Gasteiger partial charge on any atom is 0.349 e. The van der Waals surface area contributed by atoms with Gasteiger partial charge in [0.05, 0.1) is 6.61 Å². The van der Waals surface area contributed by atoms with Gasteiger partial charge < -0.3 is 14.8 Å². The minimum atomic E-state index is -0.863. The summed E-state index contributed by atoms with van der Waals surface area (Å²) in [5.41, 5.74) is 1.30. The topological polar surface area (TPSA) is 88.4 Å². The van der Waals surface area contributed by atoms with Gasteiger partial charge in [-0.2, -0.15) is 5.26 Å². The van der Waals surface area contributed by atoms with E-state index < -0.39 is 18.5 Å². The van der Waals surface area contributed by atoms with Crippen LogP contribution in [0.4, 0.5) is 0 Å². The number of amides is 1. The van der Waals surface area contributed by atoms with E-state index in [0.717, 1.165) is 5.56 Å². The summed E-state index contributed by atoms with van der Waals surface area (Å²) in [6.07, 6.45) is 1.39. The van der Waals surface area contributed by atoms with Crippen LogP contribution in [0.15, 0.2) is 54.1 Å². The molecule has 2 aromatic rings. The lowest BCUT2D eigenvalue weighted by molar-refractivity contribution is -0.144. The number of carbonyl (C=O) groups excluding carboxylic acids is 2. The quantitative estimate of drug-likeness (QED) is 0.417. The van der Waals surface area contributed by atoms with E-state index in [1.54, 1.807) is 54.6 Å². The zero-order valence-electron chi connectivity index (χ0n) is 15.3. The maximum absolute atomic E-state index is 12.0. The third-order valence-corrected chi connectivity index (χ3v) is 3.83. The van der Waals surface area contributed by atoms with Crippen LogP contribution in [0.5, 0.6) is 5.75 Å². The Balaban J connectivity index is 1.86. The maximum atomic E-state index is 12.0. The molecule has 0 saturated heterocycles. The lowest BCUT2D eigenvalue weighted by Gasteiger charge is -2.07. The van der Waals surface area contributed by atoms with Crippen LogP contribution in [-0.2, 0) is 20.9 Å². The van der Waals surface area contributed by atoms with Crippen LogP contribution in [0.2, 0.25) is 5.02 Å². The predicted octanol–water partition coefficient (Wildman–Crippen LogP) is 3.51. The van der Waals surface area contributed by atoms with Crippen LogP contribution >= 0.6 is 11.6 Å². The Bertz CT molecular complexity index is 884. The molecule has 0 radical (unpaired) electrons. The summed E-state index contributed by atoms with van der Waals surface area (Å²) in [4.78, 5) is 23.9. The Morgan fingerprint density at radius 2 is 1.82 bits per heavy atom. The molecule has 0 saturated carbocycles. The molecule has 2 rings (SSSR count). The normalized spacial score (nSPS) is 10.7. The molecule has 0 aliphatic rings. The van der Waals surface area contributed by atoms with E-state index in [0.29, 0.717) is 22.9 Å². The molecule has 0 bridgehead atoms. The summed E-state index contributed by atoms with van der Waals surface area (Å²) >= 11 is 5.80. The van der Waals surface area contributed by atoms with Gasteiger partial charge in [-0.3, -0.25) is 4.79 Å². The first-order valence-electron chi connectivity index (χ1n) is 8.54. The lowest BCUT2D eigenvalue weighted by atomic mass is 10.1. The Labute approximate surface area is 168 Å². The molecule has 6 nitrogen and oxygen atoms in total. The fraction of sp³-hybridized carbons (Fsp3) is 0.190. The number of esters is 1. The van der Waals surface area contributed by atoms with Gasteiger partial charge in [-0.15, -0.1) is 0 Å². The Morgan fingerprint density at radius 1 is 1.14 bits per heavy atom. The predicted molar refractivity (Wildman–Crippen MR) is 105 cm³/mol. The van der Waals surface area contributed by atoms with E-state index in [9.17, 15) is 14.9 Å². The molecular formula is C21H19ClN2O4. The average molecular weight is 399 g/mol. The van der Waals surface area contributed by atoms with E-state index in [4.69, 9.17) is 21.1 Å². The number of hydrogen-bond donors (Lipinski definition) is 1. The van der Waals surface area contributed by atoms with E-state index >= 15 is 0 Å². The number of nitrogens with one attached hydrogen (secondary N) is 1. The summed E-state index contributed by atoms with van der Waals surface area (Å²) < 4.78 is 10.2. The van der Waals surface area contributed by atoms with Crippen molar-refractivity contribution in [1.29, 1.82) is 5.26 Å². The Kier molecular flexibility index (Phi) is 8.07.